The molecule has 0 unspecified atom stereocenters. The third-order valence-corrected chi connectivity index (χ3v) is 3.89. The molecule has 0 spiro atoms. The van der Waals surface area contributed by atoms with Gasteiger partial charge in [0.25, 0.3) is 0 Å². The number of hydrogen-bond donors (Lipinski definition) is 0. The number of aromatic nitrogens is 1. The molecule has 2 nitrogen and oxygen atoms in total. The molecule has 80 valence electrons. The largest absolute Gasteiger partial charge is 0.293 e. The van der Waals surface area contributed by atoms with Gasteiger partial charge in [0.15, 0.2) is 5.78 Å². The van der Waals surface area contributed by atoms with Crippen LogP contribution in [-0.4, -0.2) is 10.8 Å². The van der Waals surface area contributed by atoms with E-state index >= 15 is 0 Å². The zero-order chi connectivity index (χ0) is 11.0. The molecule has 0 amide bonds. The molecule has 16 heavy (non-hydrogen) atoms. The van der Waals surface area contributed by atoms with Gasteiger partial charge < -0.3 is 0 Å². The Bertz CT molecular complexity index is 514. The van der Waals surface area contributed by atoms with Crippen molar-refractivity contribution in [2.45, 2.75) is 12.8 Å². The van der Waals surface area contributed by atoms with Crippen LogP contribution in [-0.2, 0) is 0 Å². The van der Waals surface area contributed by atoms with Crippen LogP contribution in [0.25, 0.3) is 10.4 Å². The lowest BCUT2D eigenvalue weighted by Crippen LogP contribution is -1.96. The highest BCUT2D eigenvalue weighted by Crippen LogP contribution is 2.36. The van der Waals surface area contributed by atoms with E-state index in [1.165, 1.54) is 0 Å². The summed E-state index contributed by atoms with van der Waals surface area (Å²) in [6.45, 7) is 0. The van der Waals surface area contributed by atoms with E-state index in [0.717, 1.165) is 28.2 Å². The first-order chi connectivity index (χ1) is 7.84. The van der Waals surface area contributed by atoms with E-state index in [-0.39, 0.29) is 0 Å². The maximum Gasteiger partial charge on any atom is 0.175 e. The Morgan fingerprint density at radius 1 is 1.31 bits per heavy atom. The minimum atomic E-state index is 0.306. The highest BCUT2D eigenvalue weighted by atomic mass is 32.1. The van der Waals surface area contributed by atoms with E-state index in [1.807, 2.05) is 30.5 Å². The number of thiophene rings is 1. The van der Waals surface area contributed by atoms with Crippen molar-refractivity contribution in [3.05, 3.63) is 41.5 Å². The minimum absolute atomic E-state index is 0.306. The van der Waals surface area contributed by atoms with Crippen LogP contribution in [0.4, 0.5) is 0 Å². The van der Waals surface area contributed by atoms with Crippen LogP contribution in [0.5, 0.6) is 0 Å². The molecule has 3 heteroatoms. The molecule has 3 rings (SSSR count). The molecule has 0 aromatic carbocycles. The number of carbonyl (C=O) groups excluding carboxylic acids is 1. The Hall–Kier alpha value is -1.48. The fraction of sp³-hybridized carbons (Fsp3) is 0.231. The normalized spacial score (nSPS) is 15.0. The summed E-state index contributed by atoms with van der Waals surface area (Å²) in [6.07, 6.45) is 5.72. The Balaban J connectivity index is 1.90. The lowest BCUT2D eigenvalue weighted by atomic mass is 10.2. The molecule has 0 radical (unpaired) electrons. The first kappa shape index (κ1) is 9.73. The topological polar surface area (TPSA) is 30.0 Å². The Morgan fingerprint density at radius 2 is 2.19 bits per heavy atom. The van der Waals surface area contributed by atoms with Crippen LogP contribution < -0.4 is 0 Å². The predicted octanol–water partition coefficient (Wildman–Crippen LogP) is 3.40. The zero-order valence-corrected chi connectivity index (χ0v) is 9.54. The third-order valence-electron chi connectivity index (χ3n) is 2.74. The second kappa shape index (κ2) is 3.83. The molecule has 1 saturated carbocycles. The van der Waals surface area contributed by atoms with Crippen LogP contribution >= 0.6 is 11.3 Å². The molecule has 1 aliphatic carbocycles. The molecule has 0 N–H and O–H groups in total. The van der Waals surface area contributed by atoms with Gasteiger partial charge in [0.1, 0.15) is 0 Å². The molecule has 0 aliphatic heterocycles. The lowest BCUT2D eigenvalue weighted by Gasteiger charge is -1.94. The molecule has 1 aliphatic rings. The Kier molecular flexibility index (Phi) is 2.33. The van der Waals surface area contributed by atoms with Crippen LogP contribution in [0.1, 0.15) is 22.5 Å². The van der Waals surface area contributed by atoms with E-state index < -0.39 is 0 Å². The fourth-order valence-corrected chi connectivity index (χ4v) is 2.70. The van der Waals surface area contributed by atoms with Crippen molar-refractivity contribution in [3.8, 4) is 10.4 Å². The lowest BCUT2D eigenvalue weighted by molar-refractivity contribution is 0.0971. The summed E-state index contributed by atoms with van der Waals surface area (Å²) in [4.78, 5) is 17.9. The summed E-state index contributed by atoms with van der Waals surface area (Å²) in [5.74, 6) is 0.625. The molecular weight excluding hydrogens is 218 g/mol. The van der Waals surface area contributed by atoms with Crippen molar-refractivity contribution in [2.75, 3.05) is 0 Å². The van der Waals surface area contributed by atoms with Gasteiger partial charge in [-0.15, -0.1) is 11.3 Å². The predicted molar refractivity (Wildman–Crippen MR) is 64.6 cm³/mol. The number of ketones is 1. The molecule has 2 aromatic rings. The number of Topliss-reactive ketones (excluding diaryl/α,β-unsaturated/α-hetero) is 1. The van der Waals surface area contributed by atoms with E-state index in [4.69, 9.17) is 0 Å². The maximum absolute atomic E-state index is 11.8. The SMILES string of the molecule is O=C(c1ccc(-c2cccnc2)s1)C1CC1. The average Bonchev–Trinajstić information content (AvgIpc) is 3.07. The Labute approximate surface area is 98.0 Å². The van der Waals surface area contributed by atoms with Crippen LogP contribution in [0.2, 0.25) is 0 Å². The van der Waals surface area contributed by atoms with Crippen molar-refractivity contribution in [2.24, 2.45) is 5.92 Å². The zero-order valence-electron chi connectivity index (χ0n) is 8.72. The van der Waals surface area contributed by atoms with E-state index in [0.29, 0.717) is 11.7 Å². The summed E-state index contributed by atoms with van der Waals surface area (Å²) in [7, 11) is 0. The highest BCUT2D eigenvalue weighted by molar-refractivity contribution is 7.17. The van der Waals surface area contributed by atoms with Gasteiger partial charge in [-0.25, -0.2) is 0 Å². The van der Waals surface area contributed by atoms with Crippen molar-refractivity contribution >= 4 is 17.1 Å². The minimum Gasteiger partial charge on any atom is -0.293 e. The number of pyridine rings is 1. The monoisotopic (exact) mass is 229 g/mol. The summed E-state index contributed by atoms with van der Waals surface area (Å²) >= 11 is 1.57. The average molecular weight is 229 g/mol. The van der Waals surface area contributed by atoms with Crippen molar-refractivity contribution in [1.29, 1.82) is 0 Å². The van der Waals surface area contributed by atoms with Crippen LogP contribution in [0.3, 0.4) is 0 Å². The van der Waals surface area contributed by atoms with Crippen LogP contribution in [0, 0.1) is 5.92 Å². The van der Waals surface area contributed by atoms with Gasteiger partial charge >= 0.3 is 0 Å². The molecule has 0 atom stereocenters. The summed E-state index contributed by atoms with van der Waals surface area (Å²) in [5.41, 5.74) is 1.09. The summed E-state index contributed by atoms with van der Waals surface area (Å²) in [5, 5.41) is 0. The van der Waals surface area contributed by atoms with E-state index in [1.54, 1.807) is 17.5 Å². The van der Waals surface area contributed by atoms with Gasteiger partial charge in [-0.05, 0) is 31.0 Å². The van der Waals surface area contributed by atoms with Gasteiger partial charge in [-0.3, -0.25) is 9.78 Å². The molecule has 0 bridgehead atoms. The number of carbonyl (C=O) groups is 1. The van der Waals surface area contributed by atoms with E-state index in [9.17, 15) is 4.79 Å². The molecule has 1 fully saturated rings. The third kappa shape index (κ3) is 1.78. The summed E-state index contributed by atoms with van der Waals surface area (Å²) in [6, 6.07) is 7.88. The van der Waals surface area contributed by atoms with E-state index in [2.05, 4.69) is 4.98 Å². The van der Waals surface area contributed by atoms with Crippen molar-refractivity contribution < 1.29 is 4.79 Å². The van der Waals surface area contributed by atoms with Gasteiger partial charge in [0, 0.05) is 28.8 Å². The number of hydrogen-bond acceptors (Lipinski definition) is 3. The van der Waals surface area contributed by atoms with Gasteiger partial charge in [0.05, 0.1) is 4.88 Å². The van der Waals surface area contributed by atoms with Crippen LogP contribution in [0.15, 0.2) is 36.7 Å². The molecule has 2 heterocycles. The first-order valence-electron chi connectivity index (χ1n) is 5.39. The van der Waals surface area contributed by atoms with Gasteiger partial charge in [-0.2, -0.15) is 0 Å². The van der Waals surface area contributed by atoms with Gasteiger partial charge in [0.2, 0.25) is 0 Å². The van der Waals surface area contributed by atoms with Crippen molar-refractivity contribution in [1.82, 2.24) is 4.98 Å². The first-order valence-corrected chi connectivity index (χ1v) is 6.21. The van der Waals surface area contributed by atoms with Gasteiger partial charge in [-0.1, -0.05) is 6.07 Å². The number of rotatable bonds is 3. The maximum atomic E-state index is 11.8. The smallest absolute Gasteiger partial charge is 0.175 e. The second-order valence-electron chi connectivity index (χ2n) is 4.04. The fourth-order valence-electron chi connectivity index (χ4n) is 1.68. The molecule has 0 saturated heterocycles. The molecular formula is C13H11NOS. The molecule has 2 aromatic heterocycles. The number of nitrogens with zero attached hydrogens (tertiary/aromatic N) is 1. The standard InChI is InChI=1S/C13H11NOS/c15-13(9-3-4-9)12-6-5-11(16-12)10-2-1-7-14-8-10/h1-2,5-9H,3-4H2. The summed E-state index contributed by atoms with van der Waals surface area (Å²) < 4.78 is 0. The Morgan fingerprint density at radius 3 is 2.88 bits per heavy atom. The second-order valence-corrected chi connectivity index (χ2v) is 5.13. The quantitative estimate of drug-likeness (QED) is 0.755. The highest BCUT2D eigenvalue weighted by Gasteiger charge is 2.31. The van der Waals surface area contributed by atoms with Crippen molar-refractivity contribution in [3.63, 3.8) is 0 Å².